The van der Waals surface area contributed by atoms with Crippen molar-refractivity contribution in [3.05, 3.63) is 59.9 Å². The first-order valence-corrected chi connectivity index (χ1v) is 9.16. The van der Waals surface area contributed by atoms with E-state index in [1.807, 2.05) is 38.1 Å². The van der Waals surface area contributed by atoms with Gasteiger partial charge in [0.25, 0.3) is 5.91 Å². The van der Waals surface area contributed by atoms with E-state index in [-0.39, 0.29) is 6.42 Å². The van der Waals surface area contributed by atoms with Crippen LogP contribution in [0.5, 0.6) is 5.75 Å². The van der Waals surface area contributed by atoms with Crippen molar-refractivity contribution in [3.8, 4) is 5.75 Å². The van der Waals surface area contributed by atoms with Crippen LogP contribution in [0.25, 0.3) is 11.0 Å². The zero-order valence-corrected chi connectivity index (χ0v) is 16.2. The number of rotatable bonds is 7. The molecule has 0 spiro atoms. The van der Waals surface area contributed by atoms with E-state index in [1.165, 1.54) is 6.92 Å². The number of furan rings is 1. The van der Waals surface area contributed by atoms with Crippen molar-refractivity contribution in [3.63, 3.8) is 0 Å². The van der Waals surface area contributed by atoms with Gasteiger partial charge in [-0.2, -0.15) is 0 Å². The Morgan fingerprint density at radius 2 is 1.96 bits per heavy atom. The van der Waals surface area contributed by atoms with Gasteiger partial charge in [0, 0.05) is 10.9 Å². The van der Waals surface area contributed by atoms with E-state index < -0.39 is 18.0 Å². The molecular weight excluding hydrogens is 358 g/mol. The van der Waals surface area contributed by atoms with Gasteiger partial charge in [0.1, 0.15) is 11.3 Å². The Bertz CT molecular complexity index is 992. The molecule has 0 radical (unpaired) electrons. The first-order chi connectivity index (χ1) is 13.5. The van der Waals surface area contributed by atoms with Crippen LogP contribution in [0, 0.1) is 6.92 Å². The van der Waals surface area contributed by atoms with Gasteiger partial charge in [-0.1, -0.05) is 24.3 Å². The summed E-state index contributed by atoms with van der Waals surface area (Å²) < 4.78 is 16.3. The first kappa shape index (κ1) is 19.5. The van der Waals surface area contributed by atoms with Crippen LogP contribution in [0.4, 0.5) is 5.69 Å². The molecule has 0 aliphatic carbocycles. The van der Waals surface area contributed by atoms with E-state index in [1.54, 1.807) is 24.5 Å². The zero-order chi connectivity index (χ0) is 20.1. The number of para-hydroxylation sites is 2. The van der Waals surface area contributed by atoms with Crippen molar-refractivity contribution >= 4 is 28.5 Å². The molecule has 2 aromatic carbocycles. The SMILES string of the molecule is CCOc1ccccc1NC(=O)[C@H](C)OC(=O)Cc1coc2cc(C)ccc12. The van der Waals surface area contributed by atoms with Gasteiger partial charge >= 0.3 is 5.97 Å². The summed E-state index contributed by atoms with van der Waals surface area (Å²) in [6.45, 7) is 5.85. The van der Waals surface area contributed by atoms with E-state index in [4.69, 9.17) is 13.9 Å². The molecule has 1 heterocycles. The number of aryl methyl sites for hydroxylation is 1. The predicted octanol–water partition coefficient (Wildman–Crippen LogP) is 4.25. The lowest BCUT2D eigenvalue weighted by Gasteiger charge is -2.15. The van der Waals surface area contributed by atoms with Crippen LogP contribution in [-0.2, 0) is 20.7 Å². The van der Waals surface area contributed by atoms with Crippen LogP contribution < -0.4 is 10.1 Å². The van der Waals surface area contributed by atoms with Crippen molar-refractivity contribution in [1.29, 1.82) is 0 Å². The molecule has 146 valence electrons. The summed E-state index contributed by atoms with van der Waals surface area (Å²) in [7, 11) is 0. The second-order valence-corrected chi connectivity index (χ2v) is 6.49. The Balaban J connectivity index is 1.61. The number of fused-ring (bicyclic) bond motifs is 1. The maximum Gasteiger partial charge on any atom is 0.311 e. The third-order valence-electron chi connectivity index (χ3n) is 4.27. The number of carbonyl (C=O) groups excluding carboxylic acids is 2. The maximum atomic E-state index is 12.4. The summed E-state index contributed by atoms with van der Waals surface area (Å²) in [5.74, 6) is -0.353. The van der Waals surface area contributed by atoms with Crippen LogP contribution >= 0.6 is 0 Å². The number of benzene rings is 2. The summed E-state index contributed by atoms with van der Waals surface area (Å²) >= 11 is 0. The van der Waals surface area contributed by atoms with E-state index in [9.17, 15) is 9.59 Å². The summed E-state index contributed by atoms with van der Waals surface area (Å²) in [4.78, 5) is 24.7. The number of esters is 1. The average molecular weight is 381 g/mol. The molecule has 1 aromatic heterocycles. The maximum absolute atomic E-state index is 12.4. The monoisotopic (exact) mass is 381 g/mol. The lowest BCUT2D eigenvalue weighted by atomic mass is 10.1. The van der Waals surface area contributed by atoms with Gasteiger partial charge in [0.2, 0.25) is 0 Å². The number of amides is 1. The van der Waals surface area contributed by atoms with Crippen LogP contribution in [0.15, 0.2) is 53.1 Å². The number of ether oxygens (including phenoxy) is 2. The van der Waals surface area contributed by atoms with Gasteiger partial charge in [0.05, 0.1) is 25.0 Å². The van der Waals surface area contributed by atoms with Crippen LogP contribution in [0.1, 0.15) is 25.0 Å². The van der Waals surface area contributed by atoms with Gasteiger partial charge < -0.3 is 19.2 Å². The molecule has 0 saturated heterocycles. The topological polar surface area (TPSA) is 77.8 Å². The minimum atomic E-state index is -0.942. The molecule has 28 heavy (non-hydrogen) atoms. The fourth-order valence-electron chi connectivity index (χ4n) is 2.86. The Hall–Kier alpha value is -3.28. The number of anilines is 1. The molecule has 0 aliphatic heterocycles. The lowest BCUT2D eigenvalue weighted by molar-refractivity contribution is -0.152. The second kappa shape index (κ2) is 8.61. The van der Waals surface area contributed by atoms with Crippen molar-refractivity contribution in [1.82, 2.24) is 0 Å². The van der Waals surface area contributed by atoms with Crippen molar-refractivity contribution < 1.29 is 23.5 Å². The molecule has 0 fully saturated rings. The second-order valence-electron chi connectivity index (χ2n) is 6.49. The van der Waals surface area contributed by atoms with Crippen LogP contribution in [0.3, 0.4) is 0 Å². The van der Waals surface area contributed by atoms with E-state index in [0.717, 1.165) is 22.1 Å². The highest BCUT2D eigenvalue weighted by atomic mass is 16.5. The Morgan fingerprint density at radius 3 is 2.75 bits per heavy atom. The molecule has 0 bridgehead atoms. The summed E-state index contributed by atoms with van der Waals surface area (Å²) in [6.07, 6.45) is 0.639. The molecule has 0 saturated carbocycles. The van der Waals surface area contributed by atoms with Gasteiger partial charge in [-0.05, 0) is 44.5 Å². The molecule has 3 aromatic rings. The Labute approximate surface area is 163 Å². The number of carbonyl (C=O) groups is 2. The standard InChI is InChI=1S/C22H23NO5/c1-4-26-19-8-6-5-7-18(19)23-22(25)15(3)28-21(24)12-16-13-27-20-11-14(2)9-10-17(16)20/h5-11,13,15H,4,12H2,1-3H3,(H,23,25)/t15-/m0/s1. The number of hydrogen-bond acceptors (Lipinski definition) is 5. The third-order valence-corrected chi connectivity index (χ3v) is 4.27. The van der Waals surface area contributed by atoms with Crippen molar-refractivity contribution in [2.75, 3.05) is 11.9 Å². The van der Waals surface area contributed by atoms with E-state index in [2.05, 4.69) is 5.32 Å². The Morgan fingerprint density at radius 1 is 1.18 bits per heavy atom. The summed E-state index contributed by atoms with van der Waals surface area (Å²) in [5, 5.41) is 3.60. The van der Waals surface area contributed by atoms with E-state index in [0.29, 0.717) is 18.0 Å². The van der Waals surface area contributed by atoms with Gasteiger partial charge in [0.15, 0.2) is 6.10 Å². The zero-order valence-electron chi connectivity index (χ0n) is 16.2. The molecule has 1 atom stereocenters. The summed E-state index contributed by atoms with van der Waals surface area (Å²) in [5.41, 5.74) is 3.07. The largest absolute Gasteiger partial charge is 0.492 e. The van der Waals surface area contributed by atoms with Crippen molar-refractivity contribution in [2.24, 2.45) is 0 Å². The van der Waals surface area contributed by atoms with E-state index >= 15 is 0 Å². The minimum Gasteiger partial charge on any atom is -0.492 e. The predicted molar refractivity (Wildman–Crippen MR) is 106 cm³/mol. The Kier molecular flexibility index (Phi) is 5.99. The smallest absolute Gasteiger partial charge is 0.311 e. The molecule has 0 unspecified atom stereocenters. The molecule has 1 N–H and O–H groups in total. The average Bonchev–Trinajstić information content (AvgIpc) is 3.05. The lowest BCUT2D eigenvalue weighted by Crippen LogP contribution is -2.30. The quantitative estimate of drug-likeness (QED) is 0.619. The highest BCUT2D eigenvalue weighted by Crippen LogP contribution is 2.25. The molecule has 6 heteroatoms. The molecule has 1 amide bonds. The molecule has 6 nitrogen and oxygen atoms in total. The molecular formula is C22H23NO5. The molecule has 3 rings (SSSR count). The fourth-order valence-corrected chi connectivity index (χ4v) is 2.86. The fraction of sp³-hybridized carbons (Fsp3) is 0.273. The van der Waals surface area contributed by atoms with Crippen LogP contribution in [0.2, 0.25) is 0 Å². The molecule has 0 aliphatic rings. The first-order valence-electron chi connectivity index (χ1n) is 9.16. The number of hydrogen-bond donors (Lipinski definition) is 1. The highest BCUT2D eigenvalue weighted by Gasteiger charge is 2.20. The minimum absolute atomic E-state index is 0.0310. The van der Waals surface area contributed by atoms with Gasteiger partial charge in [-0.3, -0.25) is 9.59 Å². The summed E-state index contributed by atoms with van der Waals surface area (Å²) in [6, 6.07) is 12.9. The third kappa shape index (κ3) is 4.52. The van der Waals surface area contributed by atoms with Crippen LogP contribution in [-0.4, -0.2) is 24.6 Å². The highest BCUT2D eigenvalue weighted by molar-refractivity contribution is 5.96. The normalized spacial score (nSPS) is 11.8. The van der Waals surface area contributed by atoms with Gasteiger partial charge in [-0.25, -0.2) is 0 Å². The van der Waals surface area contributed by atoms with Gasteiger partial charge in [-0.15, -0.1) is 0 Å². The number of nitrogens with one attached hydrogen (secondary N) is 1. The van der Waals surface area contributed by atoms with Crippen molar-refractivity contribution in [2.45, 2.75) is 33.3 Å².